The summed E-state index contributed by atoms with van der Waals surface area (Å²) in [7, 11) is 0. The predicted octanol–water partition coefficient (Wildman–Crippen LogP) is 1.85. The number of carboxylic acids is 1. The number of aliphatic carboxylic acids is 1. The van der Waals surface area contributed by atoms with Crippen molar-refractivity contribution in [3.8, 4) is 0 Å². The fraction of sp³-hybridized carbons (Fsp3) is 0.667. The molecule has 0 aliphatic heterocycles. The van der Waals surface area contributed by atoms with Gasteiger partial charge in [0.15, 0.2) is 0 Å². The lowest BCUT2D eigenvalue weighted by molar-refractivity contribution is -0.139. The molecule has 0 rings (SSSR count). The maximum atomic E-state index is 11.9. The first-order valence-electron chi connectivity index (χ1n) is 5.88. The van der Waals surface area contributed by atoms with Crippen LogP contribution in [0.4, 0.5) is 4.79 Å². The Kier molecular flexibility index (Phi) is 7.02. The second-order valence-electron chi connectivity index (χ2n) is 3.91. The van der Waals surface area contributed by atoms with E-state index in [2.05, 4.69) is 11.9 Å². The molecule has 98 valence electrons. The Morgan fingerprint density at radius 1 is 1.47 bits per heavy atom. The SMILES string of the molecule is C=CCC(NC(=O)N(CC)C(C)CC)C(=O)O. The molecule has 0 spiro atoms. The number of nitrogens with zero attached hydrogens (tertiary/aromatic N) is 1. The molecule has 0 heterocycles. The second kappa shape index (κ2) is 7.70. The van der Waals surface area contributed by atoms with E-state index in [1.54, 1.807) is 4.90 Å². The van der Waals surface area contributed by atoms with Crippen molar-refractivity contribution >= 4 is 12.0 Å². The molecule has 0 saturated heterocycles. The summed E-state index contributed by atoms with van der Waals surface area (Å²) in [5.74, 6) is -1.04. The molecular formula is C12H22N2O3. The highest BCUT2D eigenvalue weighted by Gasteiger charge is 2.23. The lowest BCUT2D eigenvalue weighted by Gasteiger charge is -2.28. The molecule has 2 unspecified atom stereocenters. The minimum Gasteiger partial charge on any atom is -0.480 e. The number of hydrogen-bond donors (Lipinski definition) is 2. The molecule has 0 bridgehead atoms. The van der Waals surface area contributed by atoms with Crippen molar-refractivity contribution in [1.82, 2.24) is 10.2 Å². The van der Waals surface area contributed by atoms with Gasteiger partial charge >= 0.3 is 12.0 Å². The van der Waals surface area contributed by atoms with Gasteiger partial charge in [-0.05, 0) is 26.7 Å². The molecule has 0 aromatic heterocycles. The Morgan fingerprint density at radius 2 is 2.06 bits per heavy atom. The molecule has 0 saturated carbocycles. The quantitative estimate of drug-likeness (QED) is 0.669. The van der Waals surface area contributed by atoms with Crippen LogP contribution in [0.5, 0.6) is 0 Å². The van der Waals surface area contributed by atoms with Crippen LogP contribution in [-0.2, 0) is 4.79 Å². The van der Waals surface area contributed by atoms with Crippen LogP contribution < -0.4 is 5.32 Å². The van der Waals surface area contributed by atoms with Gasteiger partial charge < -0.3 is 15.3 Å². The number of carbonyl (C=O) groups is 2. The van der Waals surface area contributed by atoms with Gasteiger partial charge in [-0.25, -0.2) is 9.59 Å². The van der Waals surface area contributed by atoms with Crippen LogP contribution in [0.3, 0.4) is 0 Å². The molecule has 2 amide bonds. The van der Waals surface area contributed by atoms with Crippen LogP contribution >= 0.6 is 0 Å². The number of carbonyl (C=O) groups excluding carboxylic acids is 1. The maximum absolute atomic E-state index is 11.9. The summed E-state index contributed by atoms with van der Waals surface area (Å²) in [6.45, 7) is 9.83. The number of carboxylic acid groups (broad SMARTS) is 1. The van der Waals surface area contributed by atoms with Crippen LogP contribution in [0.15, 0.2) is 12.7 Å². The van der Waals surface area contributed by atoms with Gasteiger partial charge in [0.2, 0.25) is 0 Å². The van der Waals surface area contributed by atoms with Crippen molar-refractivity contribution in [2.45, 2.75) is 45.7 Å². The van der Waals surface area contributed by atoms with Gasteiger partial charge in [-0.3, -0.25) is 0 Å². The molecular weight excluding hydrogens is 220 g/mol. The average Bonchev–Trinajstić information content (AvgIpc) is 2.28. The van der Waals surface area contributed by atoms with Crippen LogP contribution in [0.1, 0.15) is 33.6 Å². The van der Waals surface area contributed by atoms with Crippen LogP contribution in [0.2, 0.25) is 0 Å². The number of urea groups is 1. The fourth-order valence-electron chi connectivity index (χ4n) is 1.50. The average molecular weight is 242 g/mol. The van der Waals surface area contributed by atoms with Crippen molar-refractivity contribution in [3.63, 3.8) is 0 Å². The van der Waals surface area contributed by atoms with Crippen molar-refractivity contribution in [1.29, 1.82) is 0 Å². The van der Waals surface area contributed by atoms with Gasteiger partial charge in [0.25, 0.3) is 0 Å². The van der Waals surface area contributed by atoms with Gasteiger partial charge in [-0.1, -0.05) is 13.0 Å². The van der Waals surface area contributed by atoms with Gasteiger partial charge in [0.05, 0.1) is 0 Å². The largest absolute Gasteiger partial charge is 0.480 e. The standard InChI is InChI=1S/C12H22N2O3/c1-5-8-10(11(15)16)13-12(17)14(7-3)9(4)6-2/h5,9-10H,1,6-8H2,2-4H3,(H,13,17)(H,15,16). The summed E-state index contributed by atoms with van der Waals surface area (Å²) in [4.78, 5) is 24.4. The molecule has 0 aromatic carbocycles. The molecule has 0 aliphatic carbocycles. The van der Waals surface area contributed by atoms with E-state index in [0.717, 1.165) is 6.42 Å². The second-order valence-corrected chi connectivity index (χ2v) is 3.91. The summed E-state index contributed by atoms with van der Waals surface area (Å²) >= 11 is 0. The first kappa shape index (κ1) is 15.5. The molecule has 0 aliphatic rings. The van der Waals surface area contributed by atoms with E-state index in [4.69, 9.17) is 5.11 Å². The molecule has 0 fully saturated rings. The van der Waals surface area contributed by atoms with Crippen molar-refractivity contribution in [3.05, 3.63) is 12.7 Å². The molecule has 2 N–H and O–H groups in total. The lowest BCUT2D eigenvalue weighted by Crippen LogP contribution is -2.50. The third-order valence-corrected chi connectivity index (χ3v) is 2.72. The van der Waals surface area contributed by atoms with Crippen molar-refractivity contribution in [2.24, 2.45) is 0 Å². The van der Waals surface area contributed by atoms with Crippen LogP contribution in [0.25, 0.3) is 0 Å². The van der Waals surface area contributed by atoms with Gasteiger partial charge in [-0.2, -0.15) is 0 Å². The first-order chi connectivity index (χ1) is 7.97. The normalized spacial score (nSPS) is 13.6. The maximum Gasteiger partial charge on any atom is 0.326 e. The van der Waals surface area contributed by atoms with E-state index >= 15 is 0 Å². The predicted molar refractivity (Wildman–Crippen MR) is 66.9 cm³/mol. The van der Waals surface area contributed by atoms with E-state index in [-0.39, 0.29) is 18.5 Å². The summed E-state index contributed by atoms with van der Waals surface area (Å²) in [5, 5.41) is 11.4. The number of hydrogen-bond acceptors (Lipinski definition) is 2. The zero-order valence-corrected chi connectivity index (χ0v) is 10.8. The third kappa shape index (κ3) is 4.89. The zero-order chi connectivity index (χ0) is 13.4. The smallest absolute Gasteiger partial charge is 0.326 e. The van der Waals surface area contributed by atoms with Gasteiger partial charge in [-0.15, -0.1) is 6.58 Å². The van der Waals surface area contributed by atoms with E-state index in [9.17, 15) is 9.59 Å². The summed E-state index contributed by atoms with van der Waals surface area (Å²) in [6.07, 6.45) is 2.54. The minimum absolute atomic E-state index is 0.0955. The third-order valence-electron chi connectivity index (χ3n) is 2.72. The highest BCUT2D eigenvalue weighted by atomic mass is 16.4. The van der Waals surface area contributed by atoms with Crippen LogP contribution in [0, 0.1) is 0 Å². The number of amides is 2. The summed E-state index contributed by atoms with van der Waals surface area (Å²) in [6, 6.07) is -1.15. The molecule has 17 heavy (non-hydrogen) atoms. The Morgan fingerprint density at radius 3 is 2.41 bits per heavy atom. The highest BCUT2D eigenvalue weighted by Crippen LogP contribution is 2.04. The fourth-order valence-corrected chi connectivity index (χ4v) is 1.50. The molecule has 0 radical (unpaired) electrons. The van der Waals surface area contributed by atoms with E-state index in [0.29, 0.717) is 6.54 Å². The number of rotatable bonds is 7. The summed E-state index contributed by atoms with van der Waals surface area (Å²) < 4.78 is 0. The van der Waals surface area contributed by atoms with Gasteiger partial charge in [0.1, 0.15) is 6.04 Å². The Labute approximate surface area is 102 Å². The van der Waals surface area contributed by atoms with Crippen LogP contribution in [-0.4, -0.2) is 40.6 Å². The van der Waals surface area contributed by atoms with Crippen molar-refractivity contribution in [2.75, 3.05) is 6.54 Å². The summed E-state index contributed by atoms with van der Waals surface area (Å²) in [5.41, 5.74) is 0. The molecule has 2 atom stereocenters. The van der Waals surface area contributed by atoms with Crippen molar-refractivity contribution < 1.29 is 14.7 Å². The highest BCUT2D eigenvalue weighted by molar-refractivity contribution is 5.82. The Hall–Kier alpha value is -1.52. The topological polar surface area (TPSA) is 69.6 Å². The zero-order valence-electron chi connectivity index (χ0n) is 10.8. The minimum atomic E-state index is -1.04. The van der Waals surface area contributed by atoms with E-state index in [1.165, 1.54) is 6.08 Å². The number of nitrogens with one attached hydrogen (secondary N) is 1. The Bertz CT molecular complexity index is 279. The monoisotopic (exact) mass is 242 g/mol. The molecule has 5 nitrogen and oxygen atoms in total. The molecule has 0 aromatic rings. The first-order valence-corrected chi connectivity index (χ1v) is 5.88. The lowest BCUT2D eigenvalue weighted by atomic mass is 10.2. The van der Waals surface area contributed by atoms with E-state index < -0.39 is 12.0 Å². The molecule has 5 heteroatoms. The van der Waals surface area contributed by atoms with E-state index in [1.807, 2.05) is 20.8 Å². The Balaban J connectivity index is 4.56. The van der Waals surface area contributed by atoms with Gasteiger partial charge in [0, 0.05) is 12.6 Å².